The Labute approximate surface area is 110 Å². The number of carbonyl (C=O) groups excluding carboxylic acids is 1. The van der Waals surface area contributed by atoms with Crippen LogP contribution < -0.4 is 10.6 Å². The van der Waals surface area contributed by atoms with E-state index in [4.69, 9.17) is 0 Å². The first kappa shape index (κ1) is 14.7. The van der Waals surface area contributed by atoms with Gasteiger partial charge >= 0.3 is 0 Å². The molecule has 3 heteroatoms. The number of nitrogens with one attached hydrogen (secondary N) is 2. The molecule has 3 nitrogen and oxygen atoms in total. The van der Waals surface area contributed by atoms with Crippen molar-refractivity contribution in [2.45, 2.75) is 39.2 Å². The number of amides is 1. The highest BCUT2D eigenvalue weighted by atomic mass is 16.1. The zero-order chi connectivity index (χ0) is 13.5. The lowest BCUT2D eigenvalue weighted by Gasteiger charge is -2.16. The topological polar surface area (TPSA) is 41.1 Å². The van der Waals surface area contributed by atoms with Crippen molar-refractivity contribution in [3.05, 3.63) is 35.4 Å². The smallest absolute Gasteiger partial charge is 0.220 e. The highest BCUT2D eigenvalue weighted by molar-refractivity contribution is 5.76. The van der Waals surface area contributed by atoms with Crippen LogP contribution in [-0.2, 0) is 4.79 Å². The van der Waals surface area contributed by atoms with Gasteiger partial charge in [0.15, 0.2) is 0 Å². The molecule has 0 bridgehead atoms. The van der Waals surface area contributed by atoms with Gasteiger partial charge in [0.2, 0.25) is 5.91 Å². The Morgan fingerprint density at radius 2 is 1.94 bits per heavy atom. The molecule has 0 aliphatic heterocycles. The van der Waals surface area contributed by atoms with Crippen LogP contribution in [0, 0.1) is 6.92 Å². The Morgan fingerprint density at radius 1 is 1.28 bits per heavy atom. The molecule has 2 N–H and O–H groups in total. The van der Waals surface area contributed by atoms with Crippen LogP contribution in [0.1, 0.15) is 37.3 Å². The average Bonchev–Trinajstić information content (AvgIpc) is 2.36. The van der Waals surface area contributed by atoms with Gasteiger partial charge in [-0.1, -0.05) is 31.2 Å². The maximum absolute atomic E-state index is 11.8. The molecule has 2 unspecified atom stereocenters. The van der Waals surface area contributed by atoms with Gasteiger partial charge in [-0.3, -0.25) is 4.79 Å². The van der Waals surface area contributed by atoms with Crippen LogP contribution in [0.4, 0.5) is 0 Å². The summed E-state index contributed by atoms with van der Waals surface area (Å²) in [5.74, 6) is 0.379. The van der Waals surface area contributed by atoms with E-state index in [0.717, 1.165) is 0 Å². The van der Waals surface area contributed by atoms with Gasteiger partial charge in [-0.15, -0.1) is 0 Å². The molecule has 2 atom stereocenters. The minimum absolute atomic E-state index is 0.118. The Morgan fingerprint density at radius 3 is 2.56 bits per heavy atom. The fourth-order valence-electron chi connectivity index (χ4n) is 1.97. The van der Waals surface area contributed by atoms with Gasteiger partial charge in [0.1, 0.15) is 0 Å². The van der Waals surface area contributed by atoms with Crippen molar-refractivity contribution in [3.8, 4) is 0 Å². The Hall–Kier alpha value is -1.35. The molecule has 0 heterocycles. The Kier molecular flexibility index (Phi) is 5.86. The summed E-state index contributed by atoms with van der Waals surface area (Å²) in [4.78, 5) is 11.8. The summed E-state index contributed by atoms with van der Waals surface area (Å²) in [5.41, 5.74) is 2.51. The molecule has 0 aliphatic rings. The molecule has 18 heavy (non-hydrogen) atoms. The summed E-state index contributed by atoms with van der Waals surface area (Å²) in [7, 11) is 1.90. The molecule has 0 spiro atoms. The van der Waals surface area contributed by atoms with Crippen molar-refractivity contribution in [1.82, 2.24) is 10.6 Å². The van der Waals surface area contributed by atoms with E-state index >= 15 is 0 Å². The number of hydrogen-bond donors (Lipinski definition) is 2. The molecule has 0 aliphatic carbocycles. The van der Waals surface area contributed by atoms with Gasteiger partial charge in [0.05, 0.1) is 0 Å². The molecule has 0 saturated heterocycles. The zero-order valence-corrected chi connectivity index (χ0v) is 11.8. The van der Waals surface area contributed by atoms with Gasteiger partial charge in [-0.2, -0.15) is 0 Å². The van der Waals surface area contributed by atoms with E-state index in [0.29, 0.717) is 19.0 Å². The monoisotopic (exact) mass is 248 g/mol. The first-order valence-corrected chi connectivity index (χ1v) is 6.54. The first-order valence-electron chi connectivity index (χ1n) is 6.54. The molecular weight excluding hydrogens is 224 g/mol. The number of hydrogen-bond acceptors (Lipinski definition) is 2. The number of likely N-dealkylation sites (N-methyl/N-ethyl adjacent to an activating group) is 1. The summed E-state index contributed by atoms with van der Waals surface area (Å²) < 4.78 is 0. The van der Waals surface area contributed by atoms with Crippen molar-refractivity contribution in [2.75, 3.05) is 13.6 Å². The van der Waals surface area contributed by atoms with E-state index in [1.54, 1.807) is 0 Å². The molecule has 1 aromatic carbocycles. The van der Waals surface area contributed by atoms with Crippen LogP contribution in [0.25, 0.3) is 0 Å². The van der Waals surface area contributed by atoms with Gasteiger partial charge in [-0.25, -0.2) is 0 Å². The predicted molar refractivity (Wildman–Crippen MR) is 75.7 cm³/mol. The van der Waals surface area contributed by atoms with Crippen molar-refractivity contribution in [2.24, 2.45) is 0 Å². The normalized spacial score (nSPS) is 14.0. The van der Waals surface area contributed by atoms with E-state index < -0.39 is 0 Å². The third kappa shape index (κ3) is 4.49. The van der Waals surface area contributed by atoms with E-state index in [1.165, 1.54) is 11.1 Å². The predicted octanol–water partition coefficient (Wildman–Crippen LogP) is 2.21. The van der Waals surface area contributed by atoms with E-state index in [2.05, 4.69) is 36.6 Å². The third-order valence-electron chi connectivity index (χ3n) is 3.31. The van der Waals surface area contributed by atoms with Crippen LogP contribution in [-0.4, -0.2) is 25.5 Å². The van der Waals surface area contributed by atoms with Gasteiger partial charge in [0.25, 0.3) is 0 Å². The Balaban J connectivity index is 2.47. The first-order chi connectivity index (χ1) is 8.54. The fourth-order valence-corrected chi connectivity index (χ4v) is 1.97. The number of carbonyl (C=O) groups is 1. The largest absolute Gasteiger partial charge is 0.355 e. The number of benzene rings is 1. The molecular formula is C15H24N2O. The number of rotatable bonds is 6. The highest BCUT2D eigenvalue weighted by Crippen LogP contribution is 2.21. The second-order valence-electron chi connectivity index (χ2n) is 4.96. The maximum atomic E-state index is 11.8. The molecule has 0 fully saturated rings. The lowest BCUT2D eigenvalue weighted by Crippen LogP contribution is -2.37. The van der Waals surface area contributed by atoms with Crippen molar-refractivity contribution in [3.63, 3.8) is 0 Å². The van der Waals surface area contributed by atoms with Gasteiger partial charge in [0, 0.05) is 19.0 Å². The maximum Gasteiger partial charge on any atom is 0.220 e. The van der Waals surface area contributed by atoms with Crippen molar-refractivity contribution >= 4 is 5.91 Å². The second-order valence-corrected chi connectivity index (χ2v) is 4.96. The third-order valence-corrected chi connectivity index (χ3v) is 3.31. The summed E-state index contributed by atoms with van der Waals surface area (Å²) in [6.45, 7) is 6.91. The molecule has 1 rings (SSSR count). The second kappa shape index (κ2) is 7.17. The van der Waals surface area contributed by atoms with E-state index in [9.17, 15) is 4.79 Å². The molecule has 1 amide bonds. The standard InChI is InChI=1S/C15H24N2O/c1-11-7-5-6-8-14(11)12(2)9-15(18)17-10-13(3)16-4/h5-8,12-13,16H,9-10H2,1-4H3,(H,17,18). The van der Waals surface area contributed by atoms with Crippen molar-refractivity contribution in [1.29, 1.82) is 0 Å². The molecule has 100 valence electrons. The molecule has 1 aromatic rings. The summed E-state index contributed by atoms with van der Waals surface area (Å²) >= 11 is 0. The molecule has 0 aromatic heterocycles. The molecule has 0 saturated carbocycles. The lowest BCUT2D eigenvalue weighted by atomic mass is 9.93. The quantitative estimate of drug-likeness (QED) is 0.810. The molecule has 0 radical (unpaired) electrons. The van der Waals surface area contributed by atoms with Crippen LogP contribution in [0.3, 0.4) is 0 Å². The van der Waals surface area contributed by atoms with Gasteiger partial charge < -0.3 is 10.6 Å². The van der Waals surface area contributed by atoms with E-state index in [1.807, 2.05) is 26.1 Å². The Bertz CT molecular complexity index is 390. The summed E-state index contributed by atoms with van der Waals surface area (Å²) in [6, 6.07) is 8.55. The number of aryl methyl sites for hydroxylation is 1. The van der Waals surface area contributed by atoms with E-state index in [-0.39, 0.29) is 11.8 Å². The minimum atomic E-state index is 0.118. The zero-order valence-electron chi connectivity index (χ0n) is 11.8. The highest BCUT2D eigenvalue weighted by Gasteiger charge is 2.13. The summed E-state index contributed by atoms with van der Waals surface area (Å²) in [5, 5.41) is 6.05. The fraction of sp³-hybridized carbons (Fsp3) is 0.533. The average molecular weight is 248 g/mol. The lowest BCUT2D eigenvalue weighted by molar-refractivity contribution is -0.121. The van der Waals surface area contributed by atoms with Crippen LogP contribution in [0.5, 0.6) is 0 Å². The van der Waals surface area contributed by atoms with Crippen LogP contribution in [0.2, 0.25) is 0 Å². The van der Waals surface area contributed by atoms with Crippen LogP contribution >= 0.6 is 0 Å². The van der Waals surface area contributed by atoms with Crippen molar-refractivity contribution < 1.29 is 4.79 Å². The van der Waals surface area contributed by atoms with Gasteiger partial charge in [-0.05, 0) is 37.9 Å². The SMILES string of the molecule is CNC(C)CNC(=O)CC(C)c1ccccc1C. The summed E-state index contributed by atoms with van der Waals surface area (Å²) in [6.07, 6.45) is 0.543. The minimum Gasteiger partial charge on any atom is -0.355 e. The van der Waals surface area contributed by atoms with Crippen LogP contribution in [0.15, 0.2) is 24.3 Å².